The molecule has 0 aliphatic heterocycles. The highest BCUT2D eigenvalue weighted by molar-refractivity contribution is 5.91. The van der Waals surface area contributed by atoms with Gasteiger partial charge in [0.15, 0.2) is 11.5 Å². The Bertz CT molecular complexity index is 368. The van der Waals surface area contributed by atoms with Crippen molar-refractivity contribution >= 4 is 5.91 Å². The highest BCUT2D eigenvalue weighted by Gasteiger charge is 2.37. The molecule has 1 aromatic heterocycles. The van der Waals surface area contributed by atoms with Gasteiger partial charge in [0.25, 0.3) is 5.91 Å². The number of hydrogen-bond donors (Lipinski definition) is 3. The number of amides is 1. The van der Waals surface area contributed by atoms with Crippen LogP contribution in [0, 0.1) is 0 Å². The summed E-state index contributed by atoms with van der Waals surface area (Å²) >= 11 is 0. The average Bonchev–Trinajstić information content (AvgIpc) is 2.85. The molecule has 2 rings (SSSR count). The molecule has 1 fully saturated rings. The molecule has 6 heteroatoms. The van der Waals surface area contributed by atoms with Crippen LogP contribution in [-0.2, 0) is 5.60 Å². The van der Waals surface area contributed by atoms with Gasteiger partial charge in [-0.1, -0.05) is 5.16 Å². The molecule has 1 aliphatic carbocycles. The van der Waals surface area contributed by atoms with Gasteiger partial charge < -0.3 is 9.63 Å². The molecular weight excluding hydrogens is 198 g/mol. The van der Waals surface area contributed by atoms with Gasteiger partial charge in [-0.2, -0.15) is 0 Å². The normalized spacial score (nSPS) is 19.1. The molecule has 1 aromatic rings. The molecule has 1 aliphatic rings. The van der Waals surface area contributed by atoms with Gasteiger partial charge in [0.2, 0.25) is 0 Å². The minimum Gasteiger partial charge on any atom is -0.382 e. The van der Waals surface area contributed by atoms with Crippen molar-refractivity contribution in [3.63, 3.8) is 0 Å². The smallest absolute Gasteiger partial charge is 0.287 e. The van der Waals surface area contributed by atoms with E-state index in [4.69, 9.17) is 10.4 Å². The Balaban J connectivity index is 2.23. The number of aliphatic hydroxyl groups is 1. The van der Waals surface area contributed by atoms with Gasteiger partial charge in [-0.3, -0.25) is 10.2 Å². The maximum absolute atomic E-state index is 11.1. The zero-order valence-corrected chi connectivity index (χ0v) is 8.19. The SMILES string of the molecule is NNC(=O)c1cc(C2(O)CCCC2)on1. The summed E-state index contributed by atoms with van der Waals surface area (Å²) in [6.45, 7) is 0. The van der Waals surface area contributed by atoms with E-state index in [1.165, 1.54) is 6.07 Å². The Morgan fingerprint density at radius 1 is 1.60 bits per heavy atom. The van der Waals surface area contributed by atoms with Crippen molar-refractivity contribution in [3.8, 4) is 0 Å². The lowest BCUT2D eigenvalue weighted by Crippen LogP contribution is -2.30. The van der Waals surface area contributed by atoms with Gasteiger partial charge in [0.05, 0.1) is 0 Å². The average molecular weight is 211 g/mol. The van der Waals surface area contributed by atoms with Crippen LogP contribution in [0.5, 0.6) is 0 Å². The van der Waals surface area contributed by atoms with E-state index >= 15 is 0 Å². The predicted molar refractivity (Wildman–Crippen MR) is 50.5 cm³/mol. The molecule has 0 saturated heterocycles. The van der Waals surface area contributed by atoms with E-state index in [0.29, 0.717) is 18.6 Å². The number of carbonyl (C=O) groups excluding carboxylic acids is 1. The second-order valence-corrected chi connectivity index (χ2v) is 3.79. The summed E-state index contributed by atoms with van der Waals surface area (Å²) < 4.78 is 4.96. The highest BCUT2D eigenvalue weighted by Crippen LogP contribution is 2.38. The fourth-order valence-corrected chi connectivity index (χ4v) is 1.88. The zero-order valence-electron chi connectivity index (χ0n) is 8.19. The zero-order chi connectivity index (χ0) is 10.9. The summed E-state index contributed by atoms with van der Waals surface area (Å²) in [6.07, 6.45) is 3.20. The molecule has 15 heavy (non-hydrogen) atoms. The first-order valence-corrected chi connectivity index (χ1v) is 4.86. The van der Waals surface area contributed by atoms with Crippen molar-refractivity contribution in [2.24, 2.45) is 5.84 Å². The topological polar surface area (TPSA) is 101 Å². The molecule has 0 spiro atoms. The molecule has 1 saturated carbocycles. The quantitative estimate of drug-likeness (QED) is 0.364. The number of nitrogens with one attached hydrogen (secondary N) is 1. The fourth-order valence-electron chi connectivity index (χ4n) is 1.88. The molecular formula is C9H13N3O3. The summed E-state index contributed by atoms with van der Waals surface area (Å²) in [6, 6.07) is 1.44. The second kappa shape index (κ2) is 3.63. The van der Waals surface area contributed by atoms with E-state index in [1.807, 2.05) is 5.43 Å². The van der Waals surface area contributed by atoms with E-state index < -0.39 is 11.5 Å². The van der Waals surface area contributed by atoms with Crippen LogP contribution in [0.15, 0.2) is 10.6 Å². The third-order valence-electron chi connectivity index (χ3n) is 2.76. The summed E-state index contributed by atoms with van der Waals surface area (Å²) in [4.78, 5) is 11.1. The largest absolute Gasteiger partial charge is 0.382 e. The van der Waals surface area contributed by atoms with E-state index in [2.05, 4.69) is 5.16 Å². The minimum absolute atomic E-state index is 0.0906. The molecule has 1 heterocycles. The molecule has 0 radical (unpaired) electrons. The number of nitrogen functional groups attached to an aromatic ring is 1. The predicted octanol–water partition coefficient (Wildman–Crippen LogP) is 0.0397. The second-order valence-electron chi connectivity index (χ2n) is 3.79. The third-order valence-corrected chi connectivity index (χ3v) is 2.76. The number of hydrogen-bond acceptors (Lipinski definition) is 5. The number of nitrogens with two attached hydrogens (primary N) is 1. The molecule has 6 nitrogen and oxygen atoms in total. The summed E-state index contributed by atoms with van der Waals surface area (Å²) in [7, 11) is 0. The Kier molecular flexibility index (Phi) is 2.45. The van der Waals surface area contributed by atoms with Crippen molar-refractivity contribution in [3.05, 3.63) is 17.5 Å². The lowest BCUT2D eigenvalue weighted by molar-refractivity contribution is 0.0163. The van der Waals surface area contributed by atoms with E-state index in [0.717, 1.165) is 12.8 Å². The van der Waals surface area contributed by atoms with Crippen LogP contribution in [0.1, 0.15) is 41.9 Å². The number of nitrogens with zero attached hydrogens (tertiary/aromatic N) is 1. The molecule has 0 unspecified atom stereocenters. The van der Waals surface area contributed by atoms with Crippen LogP contribution >= 0.6 is 0 Å². The maximum atomic E-state index is 11.1. The lowest BCUT2D eigenvalue weighted by atomic mass is 9.99. The van der Waals surface area contributed by atoms with Crippen molar-refractivity contribution in [1.29, 1.82) is 0 Å². The number of rotatable bonds is 2. The lowest BCUT2D eigenvalue weighted by Gasteiger charge is -2.17. The third kappa shape index (κ3) is 1.73. The van der Waals surface area contributed by atoms with Crippen molar-refractivity contribution in [2.75, 3.05) is 0 Å². The van der Waals surface area contributed by atoms with Gasteiger partial charge in [0, 0.05) is 6.07 Å². The van der Waals surface area contributed by atoms with Crippen LogP contribution in [0.25, 0.3) is 0 Å². The molecule has 4 N–H and O–H groups in total. The molecule has 0 atom stereocenters. The molecule has 1 amide bonds. The van der Waals surface area contributed by atoms with Crippen molar-refractivity contribution in [2.45, 2.75) is 31.3 Å². The Hall–Kier alpha value is -1.40. The number of carbonyl (C=O) groups is 1. The van der Waals surface area contributed by atoms with E-state index in [1.54, 1.807) is 0 Å². The van der Waals surface area contributed by atoms with Crippen molar-refractivity contribution in [1.82, 2.24) is 10.6 Å². The van der Waals surface area contributed by atoms with E-state index in [9.17, 15) is 9.90 Å². The van der Waals surface area contributed by atoms with Gasteiger partial charge in [0.1, 0.15) is 5.60 Å². The first kappa shape index (κ1) is 10.1. The van der Waals surface area contributed by atoms with Crippen LogP contribution < -0.4 is 11.3 Å². The van der Waals surface area contributed by atoms with E-state index in [-0.39, 0.29) is 5.69 Å². The van der Waals surface area contributed by atoms with Crippen molar-refractivity contribution < 1.29 is 14.4 Å². The Morgan fingerprint density at radius 3 is 2.87 bits per heavy atom. The summed E-state index contributed by atoms with van der Waals surface area (Å²) in [5.41, 5.74) is 1.09. The maximum Gasteiger partial charge on any atom is 0.287 e. The van der Waals surface area contributed by atoms with Gasteiger partial charge in [-0.05, 0) is 25.7 Å². The molecule has 0 aromatic carbocycles. The summed E-state index contributed by atoms with van der Waals surface area (Å²) in [5.74, 6) is 4.78. The molecule has 0 bridgehead atoms. The van der Waals surface area contributed by atoms with Crippen LogP contribution in [0.2, 0.25) is 0 Å². The standard InChI is InChI=1S/C9H13N3O3/c10-11-8(13)6-5-7(15-12-6)9(14)3-1-2-4-9/h5,14H,1-4,10H2,(H,11,13). The van der Waals surface area contributed by atoms with Crippen LogP contribution in [0.3, 0.4) is 0 Å². The van der Waals surface area contributed by atoms with Gasteiger partial charge in [-0.15, -0.1) is 0 Å². The number of aromatic nitrogens is 1. The highest BCUT2D eigenvalue weighted by atomic mass is 16.5. The fraction of sp³-hybridized carbons (Fsp3) is 0.556. The number of hydrazine groups is 1. The van der Waals surface area contributed by atoms with Gasteiger partial charge >= 0.3 is 0 Å². The monoisotopic (exact) mass is 211 g/mol. The molecule has 82 valence electrons. The Morgan fingerprint density at radius 2 is 2.27 bits per heavy atom. The summed E-state index contributed by atoms with van der Waals surface area (Å²) in [5, 5.41) is 13.7. The minimum atomic E-state index is -0.958. The first-order valence-electron chi connectivity index (χ1n) is 4.86. The van der Waals surface area contributed by atoms with Crippen LogP contribution in [-0.4, -0.2) is 16.2 Å². The Labute approximate surface area is 86.4 Å². The van der Waals surface area contributed by atoms with Crippen LogP contribution in [0.4, 0.5) is 0 Å². The first-order chi connectivity index (χ1) is 7.15. The van der Waals surface area contributed by atoms with Gasteiger partial charge in [-0.25, -0.2) is 5.84 Å².